The minimum absolute atomic E-state index is 0.436. The van der Waals surface area contributed by atoms with Crippen LogP contribution in [0.2, 0.25) is 0 Å². The molecular formula is C14H25N. The molecule has 1 N–H and O–H groups in total. The molecule has 2 aliphatic rings. The van der Waals surface area contributed by atoms with Crippen LogP contribution in [0.25, 0.3) is 0 Å². The molecule has 2 unspecified atom stereocenters. The SMILES string of the molecule is C=CC(C)NC1C(C)(C)[C@H]2CC[C@]1(C)C2. The average molecular weight is 207 g/mol. The van der Waals surface area contributed by atoms with Gasteiger partial charge < -0.3 is 5.32 Å². The summed E-state index contributed by atoms with van der Waals surface area (Å²) in [5, 5.41) is 3.77. The molecule has 0 amide bonds. The van der Waals surface area contributed by atoms with Gasteiger partial charge in [-0.3, -0.25) is 0 Å². The van der Waals surface area contributed by atoms with Gasteiger partial charge >= 0.3 is 0 Å². The van der Waals surface area contributed by atoms with E-state index < -0.39 is 0 Å². The fraction of sp³-hybridized carbons (Fsp3) is 0.857. The number of fused-ring (bicyclic) bond motifs is 2. The van der Waals surface area contributed by atoms with Crippen molar-refractivity contribution < 1.29 is 0 Å². The lowest BCUT2D eigenvalue weighted by atomic mass is 9.68. The third kappa shape index (κ3) is 1.56. The molecule has 0 saturated heterocycles. The molecule has 15 heavy (non-hydrogen) atoms. The van der Waals surface area contributed by atoms with Crippen LogP contribution in [0.5, 0.6) is 0 Å². The maximum absolute atomic E-state index is 3.87. The van der Waals surface area contributed by atoms with Gasteiger partial charge in [0.2, 0.25) is 0 Å². The van der Waals surface area contributed by atoms with E-state index in [0.29, 0.717) is 22.9 Å². The van der Waals surface area contributed by atoms with Gasteiger partial charge in [-0.15, -0.1) is 6.58 Å². The van der Waals surface area contributed by atoms with E-state index in [1.807, 2.05) is 6.08 Å². The quantitative estimate of drug-likeness (QED) is 0.700. The van der Waals surface area contributed by atoms with Crippen molar-refractivity contribution in [2.45, 2.75) is 59.0 Å². The molecule has 0 aromatic rings. The highest BCUT2D eigenvalue weighted by atomic mass is 15.0. The highest BCUT2D eigenvalue weighted by molar-refractivity contribution is 5.13. The monoisotopic (exact) mass is 207 g/mol. The summed E-state index contributed by atoms with van der Waals surface area (Å²) < 4.78 is 0. The molecule has 0 aromatic carbocycles. The summed E-state index contributed by atoms with van der Waals surface area (Å²) >= 11 is 0. The van der Waals surface area contributed by atoms with Crippen molar-refractivity contribution in [1.29, 1.82) is 0 Å². The summed E-state index contributed by atoms with van der Waals surface area (Å²) in [4.78, 5) is 0. The van der Waals surface area contributed by atoms with Crippen molar-refractivity contribution in [2.24, 2.45) is 16.7 Å². The molecule has 2 fully saturated rings. The zero-order valence-electron chi connectivity index (χ0n) is 10.6. The lowest BCUT2D eigenvalue weighted by Crippen LogP contribution is -2.52. The lowest BCUT2D eigenvalue weighted by Gasteiger charge is -2.44. The van der Waals surface area contributed by atoms with Gasteiger partial charge in [0.15, 0.2) is 0 Å². The van der Waals surface area contributed by atoms with Crippen LogP contribution < -0.4 is 5.32 Å². The fourth-order valence-corrected chi connectivity index (χ4v) is 4.05. The Hall–Kier alpha value is -0.300. The molecular weight excluding hydrogens is 182 g/mol. The molecule has 86 valence electrons. The Kier molecular flexibility index (Phi) is 2.50. The standard InChI is InChI=1S/C14H25N/c1-6-10(2)15-12-13(3,4)11-7-8-14(12,5)9-11/h6,10-12,15H,1,7-9H2,2-5H3/t10?,11-,12?,14+/m0/s1. The van der Waals surface area contributed by atoms with Crippen molar-refractivity contribution in [1.82, 2.24) is 5.32 Å². The van der Waals surface area contributed by atoms with E-state index in [1.165, 1.54) is 19.3 Å². The van der Waals surface area contributed by atoms with E-state index >= 15 is 0 Å². The normalized spacial score (nSPS) is 44.3. The third-order valence-electron chi connectivity index (χ3n) is 5.05. The minimum atomic E-state index is 0.436. The van der Waals surface area contributed by atoms with Crippen molar-refractivity contribution in [3.63, 3.8) is 0 Å². The van der Waals surface area contributed by atoms with Crippen LogP contribution in [-0.2, 0) is 0 Å². The van der Waals surface area contributed by atoms with Crippen LogP contribution in [0.15, 0.2) is 12.7 Å². The van der Waals surface area contributed by atoms with Crippen LogP contribution in [0, 0.1) is 16.7 Å². The Labute approximate surface area is 94.3 Å². The zero-order chi connectivity index (χ0) is 11.3. The lowest BCUT2D eigenvalue weighted by molar-refractivity contribution is 0.105. The summed E-state index contributed by atoms with van der Waals surface area (Å²) in [7, 11) is 0. The smallest absolute Gasteiger partial charge is 0.0222 e. The molecule has 0 aliphatic heterocycles. The molecule has 2 saturated carbocycles. The Bertz CT molecular complexity index is 264. The summed E-state index contributed by atoms with van der Waals surface area (Å²) in [6.45, 7) is 13.4. The van der Waals surface area contributed by atoms with E-state index in [4.69, 9.17) is 0 Å². The molecule has 2 bridgehead atoms. The molecule has 1 heteroatoms. The highest BCUT2D eigenvalue weighted by Crippen LogP contribution is 2.62. The molecule has 0 heterocycles. The fourth-order valence-electron chi connectivity index (χ4n) is 4.05. The van der Waals surface area contributed by atoms with Gasteiger partial charge in [0.25, 0.3) is 0 Å². The maximum atomic E-state index is 3.87. The van der Waals surface area contributed by atoms with Gasteiger partial charge in [0.05, 0.1) is 0 Å². The second-order valence-electron chi connectivity index (χ2n) is 6.54. The average Bonchev–Trinajstić information content (AvgIpc) is 2.63. The van der Waals surface area contributed by atoms with Crippen LogP contribution in [-0.4, -0.2) is 12.1 Å². The van der Waals surface area contributed by atoms with Gasteiger partial charge in [-0.2, -0.15) is 0 Å². The Balaban J connectivity index is 2.19. The first-order valence-corrected chi connectivity index (χ1v) is 6.29. The van der Waals surface area contributed by atoms with Gasteiger partial charge in [-0.1, -0.05) is 26.8 Å². The van der Waals surface area contributed by atoms with Crippen LogP contribution in [0.4, 0.5) is 0 Å². The first-order valence-electron chi connectivity index (χ1n) is 6.29. The van der Waals surface area contributed by atoms with E-state index in [0.717, 1.165) is 5.92 Å². The van der Waals surface area contributed by atoms with Crippen LogP contribution in [0.1, 0.15) is 47.0 Å². The number of hydrogen-bond acceptors (Lipinski definition) is 1. The molecule has 2 rings (SSSR count). The van der Waals surface area contributed by atoms with E-state index in [1.54, 1.807) is 0 Å². The third-order valence-corrected chi connectivity index (χ3v) is 5.05. The molecule has 4 atom stereocenters. The Morgan fingerprint density at radius 1 is 1.40 bits per heavy atom. The molecule has 0 spiro atoms. The predicted molar refractivity (Wildman–Crippen MR) is 65.8 cm³/mol. The van der Waals surface area contributed by atoms with Crippen LogP contribution >= 0.6 is 0 Å². The van der Waals surface area contributed by atoms with Gasteiger partial charge in [-0.25, -0.2) is 0 Å². The van der Waals surface area contributed by atoms with Crippen molar-refractivity contribution in [3.8, 4) is 0 Å². The summed E-state index contributed by atoms with van der Waals surface area (Å²) in [6, 6.07) is 1.10. The summed E-state index contributed by atoms with van der Waals surface area (Å²) in [5.74, 6) is 0.928. The Morgan fingerprint density at radius 2 is 2.07 bits per heavy atom. The Morgan fingerprint density at radius 3 is 2.53 bits per heavy atom. The van der Waals surface area contributed by atoms with E-state index in [9.17, 15) is 0 Å². The number of nitrogens with one attached hydrogen (secondary N) is 1. The largest absolute Gasteiger partial charge is 0.307 e. The first kappa shape index (κ1) is 11.2. The molecule has 2 aliphatic carbocycles. The number of hydrogen-bond donors (Lipinski definition) is 1. The topological polar surface area (TPSA) is 12.0 Å². The number of rotatable bonds is 3. The van der Waals surface area contributed by atoms with Gasteiger partial charge in [0.1, 0.15) is 0 Å². The maximum Gasteiger partial charge on any atom is 0.0222 e. The minimum Gasteiger partial charge on any atom is -0.307 e. The first-order chi connectivity index (χ1) is 6.90. The second-order valence-corrected chi connectivity index (χ2v) is 6.54. The van der Waals surface area contributed by atoms with E-state index in [-0.39, 0.29) is 0 Å². The summed E-state index contributed by atoms with van der Waals surface area (Å²) in [5.41, 5.74) is 0.996. The molecule has 0 aromatic heterocycles. The van der Waals surface area contributed by atoms with Crippen molar-refractivity contribution >= 4 is 0 Å². The van der Waals surface area contributed by atoms with Gasteiger partial charge in [-0.05, 0) is 42.9 Å². The molecule has 0 radical (unpaired) electrons. The zero-order valence-corrected chi connectivity index (χ0v) is 10.6. The molecule has 1 nitrogen and oxygen atoms in total. The van der Waals surface area contributed by atoms with Gasteiger partial charge in [0, 0.05) is 12.1 Å². The van der Waals surface area contributed by atoms with Crippen molar-refractivity contribution in [3.05, 3.63) is 12.7 Å². The van der Waals surface area contributed by atoms with Crippen LogP contribution in [0.3, 0.4) is 0 Å². The van der Waals surface area contributed by atoms with Crippen molar-refractivity contribution in [2.75, 3.05) is 0 Å². The second kappa shape index (κ2) is 3.35. The highest BCUT2D eigenvalue weighted by Gasteiger charge is 2.59. The van der Waals surface area contributed by atoms with E-state index in [2.05, 4.69) is 39.6 Å². The summed E-state index contributed by atoms with van der Waals surface area (Å²) in [6.07, 6.45) is 6.28. The predicted octanol–water partition coefficient (Wildman–Crippen LogP) is 3.37.